The van der Waals surface area contributed by atoms with Gasteiger partial charge in [-0.05, 0) is 66.5 Å². The van der Waals surface area contributed by atoms with Gasteiger partial charge in [0.15, 0.2) is 5.54 Å². The number of nitrogens with one attached hydrogen (secondary N) is 2. The van der Waals surface area contributed by atoms with Crippen LogP contribution in [-0.4, -0.2) is 48.1 Å². The summed E-state index contributed by atoms with van der Waals surface area (Å²) in [5.74, 6) is -0.578. The molecule has 1 aliphatic rings. The standard InChI is InChI=1S/C22H23BrF2N4O4.ClH/c1-21(2,3)33-20(31)28-17-11-32-12-22(29-17,19(24)25)13-5-4-6-15(9-13)27-18(30)16-8-7-14(23)10-26-16;/h4-10,19H,11-12H2,1-3H3,(H,27,30)(H,28,29,31);1H. The second kappa shape index (κ2) is 11.2. The third-order valence-electron chi connectivity index (χ3n) is 4.48. The number of carbonyl (C=O) groups excluding carboxylic acids is 2. The van der Waals surface area contributed by atoms with Gasteiger partial charge in [-0.2, -0.15) is 0 Å². The lowest BCUT2D eigenvalue weighted by atomic mass is 9.90. The van der Waals surface area contributed by atoms with E-state index in [4.69, 9.17) is 9.47 Å². The zero-order valence-electron chi connectivity index (χ0n) is 18.6. The zero-order valence-corrected chi connectivity index (χ0v) is 21.0. The smallest absolute Gasteiger partial charge is 0.413 e. The van der Waals surface area contributed by atoms with E-state index in [1.54, 1.807) is 32.9 Å². The molecule has 34 heavy (non-hydrogen) atoms. The SMILES string of the molecule is CC(C)(C)OC(=O)NC1=NC(c2cccc(NC(=O)c3ccc(Br)cn3)c2)(C(F)F)COC1.Cl. The number of ether oxygens (including phenoxy) is 2. The van der Waals surface area contributed by atoms with Crippen molar-refractivity contribution >= 4 is 51.9 Å². The van der Waals surface area contributed by atoms with Crippen molar-refractivity contribution in [3.05, 3.63) is 58.3 Å². The molecule has 2 N–H and O–H groups in total. The van der Waals surface area contributed by atoms with Crippen LogP contribution >= 0.6 is 28.3 Å². The first-order chi connectivity index (χ1) is 15.5. The Morgan fingerprint density at radius 1 is 1.21 bits per heavy atom. The molecule has 1 aliphatic heterocycles. The zero-order chi connectivity index (χ0) is 24.2. The van der Waals surface area contributed by atoms with Crippen molar-refractivity contribution in [2.45, 2.75) is 38.3 Å². The van der Waals surface area contributed by atoms with Gasteiger partial charge in [0, 0.05) is 16.4 Å². The largest absolute Gasteiger partial charge is 0.444 e. The van der Waals surface area contributed by atoms with E-state index in [0.29, 0.717) is 4.47 Å². The molecule has 0 fully saturated rings. The van der Waals surface area contributed by atoms with Gasteiger partial charge in [0.1, 0.15) is 23.7 Å². The maximum atomic E-state index is 14.3. The molecule has 1 aromatic heterocycles. The number of halogens is 4. The van der Waals surface area contributed by atoms with E-state index in [9.17, 15) is 18.4 Å². The summed E-state index contributed by atoms with van der Waals surface area (Å²) in [6, 6.07) is 9.13. The Balaban J connectivity index is 0.00000408. The Hall–Kier alpha value is -2.63. The fourth-order valence-corrected chi connectivity index (χ4v) is 3.29. The van der Waals surface area contributed by atoms with Crippen molar-refractivity contribution in [1.82, 2.24) is 10.3 Å². The molecule has 1 unspecified atom stereocenters. The van der Waals surface area contributed by atoms with Gasteiger partial charge in [0.2, 0.25) is 0 Å². The topological polar surface area (TPSA) is 102 Å². The van der Waals surface area contributed by atoms with E-state index in [1.807, 2.05) is 0 Å². The Morgan fingerprint density at radius 3 is 2.56 bits per heavy atom. The van der Waals surface area contributed by atoms with Crippen LogP contribution in [-0.2, 0) is 15.0 Å². The molecule has 3 rings (SSSR count). The molecule has 0 spiro atoms. The minimum absolute atomic E-state index is 0. The first kappa shape index (κ1) is 27.6. The molecule has 2 heterocycles. The van der Waals surface area contributed by atoms with Gasteiger partial charge >= 0.3 is 6.09 Å². The van der Waals surface area contributed by atoms with E-state index in [0.717, 1.165) is 0 Å². The van der Waals surface area contributed by atoms with Gasteiger partial charge in [0.05, 0.1) is 6.61 Å². The summed E-state index contributed by atoms with van der Waals surface area (Å²) in [5, 5.41) is 5.02. The number of aliphatic imine (C=N–C) groups is 1. The van der Waals surface area contributed by atoms with Crippen LogP contribution in [0.5, 0.6) is 0 Å². The second-order valence-electron chi connectivity index (χ2n) is 8.30. The van der Waals surface area contributed by atoms with E-state index in [-0.39, 0.29) is 41.8 Å². The molecule has 184 valence electrons. The minimum atomic E-state index is -2.95. The van der Waals surface area contributed by atoms with E-state index in [1.165, 1.54) is 30.5 Å². The van der Waals surface area contributed by atoms with Crippen LogP contribution in [0.2, 0.25) is 0 Å². The second-order valence-corrected chi connectivity index (χ2v) is 9.22. The molecule has 0 aliphatic carbocycles. The van der Waals surface area contributed by atoms with Crippen molar-refractivity contribution in [2.75, 3.05) is 18.5 Å². The van der Waals surface area contributed by atoms with Gasteiger partial charge in [0.25, 0.3) is 12.3 Å². The number of hydrogen-bond acceptors (Lipinski definition) is 6. The monoisotopic (exact) mass is 560 g/mol. The molecule has 12 heteroatoms. The first-order valence-corrected chi connectivity index (χ1v) is 10.8. The molecule has 0 saturated heterocycles. The predicted octanol–water partition coefficient (Wildman–Crippen LogP) is 4.93. The average Bonchev–Trinajstić information content (AvgIpc) is 2.73. The molecule has 0 bridgehead atoms. The lowest BCUT2D eigenvalue weighted by Gasteiger charge is -2.34. The number of anilines is 1. The van der Waals surface area contributed by atoms with Crippen LogP contribution in [0.4, 0.5) is 19.3 Å². The van der Waals surface area contributed by atoms with E-state index in [2.05, 4.69) is 36.5 Å². The molecule has 2 aromatic rings. The number of benzene rings is 1. The van der Waals surface area contributed by atoms with Crippen LogP contribution in [0.15, 0.2) is 52.1 Å². The lowest BCUT2D eigenvalue weighted by molar-refractivity contribution is -0.0140. The van der Waals surface area contributed by atoms with Crippen LogP contribution < -0.4 is 10.6 Å². The highest BCUT2D eigenvalue weighted by Gasteiger charge is 2.45. The number of alkyl carbamates (subject to hydrolysis) is 1. The normalized spacial score (nSPS) is 17.9. The van der Waals surface area contributed by atoms with Gasteiger partial charge < -0.3 is 14.8 Å². The number of aromatic nitrogens is 1. The third-order valence-corrected chi connectivity index (χ3v) is 4.95. The predicted molar refractivity (Wildman–Crippen MR) is 129 cm³/mol. The number of pyridine rings is 1. The summed E-state index contributed by atoms with van der Waals surface area (Å²) in [6.45, 7) is 4.48. The molecule has 1 atom stereocenters. The number of amidine groups is 1. The highest BCUT2D eigenvalue weighted by Crippen LogP contribution is 2.36. The fourth-order valence-electron chi connectivity index (χ4n) is 3.05. The fraction of sp³-hybridized carbons (Fsp3) is 0.364. The summed E-state index contributed by atoms with van der Waals surface area (Å²) < 4.78 is 39.8. The average molecular weight is 562 g/mol. The molecule has 1 aromatic carbocycles. The highest BCUT2D eigenvalue weighted by molar-refractivity contribution is 9.10. The Bertz CT molecular complexity index is 1060. The van der Waals surface area contributed by atoms with Gasteiger partial charge in [-0.15, -0.1) is 12.4 Å². The summed E-state index contributed by atoms with van der Waals surface area (Å²) >= 11 is 3.24. The van der Waals surface area contributed by atoms with Crippen LogP contribution in [0.25, 0.3) is 0 Å². The maximum Gasteiger partial charge on any atom is 0.413 e. The van der Waals surface area contributed by atoms with Crippen molar-refractivity contribution in [2.24, 2.45) is 4.99 Å². The summed E-state index contributed by atoms with van der Waals surface area (Å²) in [6.07, 6.45) is -2.30. The van der Waals surface area contributed by atoms with Crippen molar-refractivity contribution in [3.8, 4) is 0 Å². The number of amides is 2. The highest BCUT2D eigenvalue weighted by atomic mass is 79.9. The van der Waals surface area contributed by atoms with Gasteiger partial charge in [-0.25, -0.2) is 23.6 Å². The van der Waals surface area contributed by atoms with Crippen LogP contribution in [0.3, 0.4) is 0 Å². The molecule has 0 radical (unpaired) electrons. The number of alkyl halides is 2. The minimum Gasteiger partial charge on any atom is -0.444 e. The summed E-state index contributed by atoms with van der Waals surface area (Å²) in [5.41, 5.74) is -2.28. The van der Waals surface area contributed by atoms with E-state index >= 15 is 0 Å². The van der Waals surface area contributed by atoms with Gasteiger partial charge in [-0.3, -0.25) is 10.1 Å². The van der Waals surface area contributed by atoms with Crippen LogP contribution in [0.1, 0.15) is 36.8 Å². The first-order valence-electron chi connectivity index (χ1n) is 9.96. The van der Waals surface area contributed by atoms with Crippen molar-refractivity contribution in [3.63, 3.8) is 0 Å². The van der Waals surface area contributed by atoms with Crippen LogP contribution in [0, 0.1) is 0 Å². The van der Waals surface area contributed by atoms with Gasteiger partial charge in [-0.1, -0.05) is 12.1 Å². The number of hydrogen-bond donors (Lipinski definition) is 2. The number of rotatable bonds is 4. The molecule has 2 amide bonds. The molecular formula is C22H24BrClF2N4O4. The third kappa shape index (κ3) is 6.94. The molecule has 0 saturated carbocycles. The lowest BCUT2D eigenvalue weighted by Crippen LogP contribution is -2.48. The summed E-state index contributed by atoms with van der Waals surface area (Å²) in [7, 11) is 0. The summed E-state index contributed by atoms with van der Waals surface area (Å²) in [4.78, 5) is 32.7. The molecule has 8 nitrogen and oxygen atoms in total. The van der Waals surface area contributed by atoms with E-state index < -0.39 is 36.2 Å². The van der Waals surface area contributed by atoms with Crippen molar-refractivity contribution in [1.29, 1.82) is 0 Å². The Kier molecular flexibility index (Phi) is 9.09. The molecular weight excluding hydrogens is 538 g/mol. The van der Waals surface area contributed by atoms with Crippen molar-refractivity contribution < 1.29 is 27.8 Å². The number of nitrogens with zero attached hydrogens (tertiary/aromatic N) is 2. The Labute approximate surface area is 210 Å². The number of carbonyl (C=O) groups is 2. The quantitative estimate of drug-likeness (QED) is 0.551. The maximum absolute atomic E-state index is 14.3. The Morgan fingerprint density at radius 2 is 1.94 bits per heavy atom.